The Labute approximate surface area is 173 Å². The van der Waals surface area contributed by atoms with E-state index in [1.807, 2.05) is 23.1 Å². The first-order valence-electron chi connectivity index (χ1n) is 9.84. The molecule has 2 saturated heterocycles. The number of hydrogen-bond acceptors (Lipinski definition) is 7. The SMILES string of the molecule is O=C(C1CN(S(=O)(=O)c2cccc3nonc23)C1)N1CCN(c2ccccc2)CC1. The number of piperazine rings is 1. The number of amides is 1. The number of para-hydroxylation sites is 1. The van der Waals surface area contributed by atoms with Crippen LogP contribution < -0.4 is 4.90 Å². The van der Waals surface area contributed by atoms with Crippen LogP contribution in [0.4, 0.5) is 5.69 Å². The Morgan fingerprint density at radius 1 is 0.933 bits per heavy atom. The van der Waals surface area contributed by atoms with Crippen molar-refractivity contribution < 1.29 is 17.8 Å². The lowest BCUT2D eigenvalue weighted by molar-refractivity contribution is -0.139. The highest BCUT2D eigenvalue weighted by atomic mass is 32.2. The molecule has 1 aromatic heterocycles. The fourth-order valence-corrected chi connectivity index (χ4v) is 5.67. The molecule has 10 heteroatoms. The number of aromatic nitrogens is 2. The zero-order valence-corrected chi connectivity index (χ0v) is 17.0. The molecule has 0 radical (unpaired) electrons. The van der Waals surface area contributed by atoms with Crippen LogP contribution in [0.5, 0.6) is 0 Å². The van der Waals surface area contributed by atoms with Crippen molar-refractivity contribution in [1.82, 2.24) is 19.5 Å². The maximum Gasteiger partial charge on any atom is 0.245 e. The second-order valence-electron chi connectivity index (χ2n) is 7.55. The monoisotopic (exact) mass is 427 g/mol. The van der Waals surface area contributed by atoms with E-state index in [4.69, 9.17) is 0 Å². The number of carbonyl (C=O) groups excluding carboxylic acids is 1. The van der Waals surface area contributed by atoms with Gasteiger partial charge in [0.1, 0.15) is 10.4 Å². The average Bonchev–Trinajstić information content (AvgIpc) is 3.22. The average molecular weight is 427 g/mol. The first kappa shape index (κ1) is 19.0. The minimum absolute atomic E-state index is 0.0236. The maximum atomic E-state index is 13.0. The smallest absolute Gasteiger partial charge is 0.245 e. The van der Waals surface area contributed by atoms with Crippen LogP contribution in [0.3, 0.4) is 0 Å². The molecular formula is C20H21N5O4S. The molecule has 2 aliphatic heterocycles. The molecule has 5 rings (SSSR count). The third-order valence-electron chi connectivity index (χ3n) is 5.78. The molecule has 2 aromatic carbocycles. The van der Waals surface area contributed by atoms with Crippen molar-refractivity contribution in [1.29, 1.82) is 0 Å². The van der Waals surface area contributed by atoms with Crippen molar-refractivity contribution in [3.05, 3.63) is 48.5 Å². The molecule has 0 unspecified atom stereocenters. The molecule has 3 aromatic rings. The van der Waals surface area contributed by atoms with Gasteiger partial charge in [0.15, 0.2) is 5.52 Å². The molecule has 156 valence electrons. The highest BCUT2D eigenvalue weighted by Crippen LogP contribution is 2.30. The number of rotatable bonds is 4. The molecule has 30 heavy (non-hydrogen) atoms. The Hall–Kier alpha value is -2.98. The van der Waals surface area contributed by atoms with Crippen molar-refractivity contribution >= 4 is 32.7 Å². The second kappa shape index (κ2) is 7.37. The van der Waals surface area contributed by atoms with Crippen molar-refractivity contribution in [2.75, 3.05) is 44.2 Å². The molecule has 9 nitrogen and oxygen atoms in total. The Bertz CT molecular complexity index is 1170. The number of sulfonamides is 1. The predicted molar refractivity (Wildman–Crippen MR) is 109 cm³/mol. The molecule has 3 heterocycles. The van der Waals surface area contributed by atoms with Crippen molar-refractivity contribution in [2.45, 2.75) is 4.90 Å². The highest BCUT2D eigenvalue weighted by molar-refractivity contribution is 7.89. The van der Waals surface area contributed by atoms with Crippen LogP contribution in [0.2, 0.25) is 0 Å². The largest absolute Gasteiger partial charge is 0.368 e. The number of nitrogens with zero attached hydrogens (tertiary/aromatic N) is 5. The van der Waals surface area contributed by atoms with E-state index in [1.165, 1.54) is 10.4 Å². The molecule has 2 aliphatic rings. The second-order valence-corrected chi connectivity index (χ2v) is 9.46. The van der Waals surface area contributed by atoms with E-state index in [9.17, 15) is 13.2 Å². The molecule has 0 spiro atoms. The first-order chi connectivity index (χ1) is 14.5. The van der Waals surface area contributed by atoms with Crippen LogP contribution >= 0.6 is 0 Å². The van der Waals surface area contributed by atoms with E-state index in [1.54, 1.807) is 12.1 Å². The van der Waals surface area contributed by atoms with E-state index < -0.39 is 10.0 Å². The number of hydrogen-bond donors (Lipinski definition) is 0. The fraction of sp³-hybridized carbons (Fsp3) is 0.350. The Balaban J connectivity index is 1.21. The molecule has 2 fully saturated rings. The molecule has 0 bridgehead atoms. The zero-order valence-electron chi connectivity index (χ0n) is 16.2. The number of fused-ring (bicyclic) bond motifs is 1. The van der Waals surface area contributed by atoms with E-state index in [2.05, 4.69) is 32.0 Å². The summed E-state index contributed by atoms with van der Waals surface area (Å²) in [6.07, 6.45) is 0. The summed E-state index contributed by atoms with van der Waals surface area (Å²) >= 11 is 0. The van der Waals surface area contributed by atoms with Crippen LogP contribution in [0, 0.1) is 5.92 Å². The minimum Gasteiger partial charge on any atom is -0.368 e. The van der Waals surface area contributed by atoms with Gasteiger partial charge in [-0.1, -0.05) is 24.3 Å². The molecule has 1 amide bonds. The van der Waals surface area contributed by atoms with Gasteiger partial charge in [-0.3, -0.25) is 4.79 Å². The van der Waals surface area contributed by atoms with Gasteiger partial charge in [0.25, 0.3) is 0 Å². The van der Waals surface area contributed by atoms with Gasteiger partial charge < -0.3 is 9.80 Å². The summed E-state index contributed by atoms with van der Waals surface area (Å²) in [4.78, 5) is 17.0. The van der Waals surface area contributed by atoms with Crippen molar-refractivity contribution in [2.24, 2.45) is 5.92 Å². The third kappa shape index (κ3) is 3.21. The van der Waals surface area contributed by atoms with Gasteiger partial charge in [-0.25, -0.2) is 13.0 Å². The molecular weight excluding hydrogens is 406 g/mol. The number of carbonyl (C=O) groups is 1. The van der Waals surface area contributed by atoms with E-state index in [0.29, 0.717) is 18.6 Å². The van der Waals surface area contributed by atoms with Crippen LogP contribution in [0.15, 0.2) is 58.1 Å². The van der Waals surface area contributed by atoms with Crippen LogP contribution in [-0.2, 0) is 14.8 Å². The summed E-state index contributed by atoms with van der Waals surface area (Å²) in [5, 5.41) is 7.41. The summed E-state index contributed by atoms with van der Waals surface area (Å²) < 4.78 is 31.9. The molecule has 0 aliphatic carbocycles. The van der Waals surface area contributed by atoms with E-state index in [-0.39, 0.29) is 35.3 Å². The van der Waals surface area contributed by atoms with Gasteiger partial charge >= 0.3 is 0 Å². The molecule has 0 N–H and O–H groups in total. The standard InChI is InChI=1S/C20H21N5O4S/c26-20(24-11-9-23(10-12-24)16-5-2-1-3-6-16)15-13-25(14-15)30(27,28)18-8-4-7-17-19(18)22-29-21-17/h1-8,15H,9-14H2. The normalized spacial score (nSPS) is 18.5. The van der Waals surface area contributed by atoms with E-state index in [0.717, 1.165) is 18.8 Å². The van der Waals surface area contributed by atoms with Crippen LogP contribution in [0.25, 0.3) is 11.0 Å². The topological polar surface area (TPSA) is 99.8 Å². The fourth-order valence-electron chi connectivity index (χ4n) is 4.00. The Morgan fingerprint density at radius 2 is 1.67 bits per heavy atom. The Morgan fingerprint density at radius 3 is 2.40 bits per heavy atom. The van der Waals surface area contributed by atoms with Gasteiger partial charge in [-0.15, -0.1) is 0 Å². The summed E-state index contributed by atoms with van der Waals surface area (Å²) in [6, 6.07) is 14.9. The maximum absolute atomic E-state index is 13.0. The van der Waals surface area contributed by atoms with Crippen molar-refractivity contribution in [3.8, 4) is 0 Å². The van der Waals surface area contributed by atoms with E-state index >= 15 is 0 Å². The third-order valence-corrected chi connectivity index (χ3v) is 7.64. The summed E-state index contributed by atoms with van der Waals surface area (Å²) in [7, 11) is -3.75. The quantitative estimate of drug-likeness (QED) is 0.617. The highest BCUT2D eigenvalue weighted by Gasteiger charge is 2.43. The summed E-state index contributed by atoms with van der Waals surface area (Å²) in [6.45, 7) is 3.18. The lowest BCUT2D eigenvalue weighted by Crippen LogP contribution is -2.59. The first-order valence-corrected chi connectivity index (χ1v) is 11.3. The zero-order chi connectivity index (χ0) is 20.7. The Kier molecular flexibility index (Phi) is 4.67. The van der Waals surface area contributed by atoms with Gasteiger partial charge in [0, 0.05) is 45.0 Å². The van der Waals surface area contributed by atoms with Gasteiger partial charge in [0.2, 0.25) is 15.9 Å². The van der Waals surface area contributed by atoms with Crippen LogP contribution in [0.1, 0.15) is 0 Å². The summed E-state index contributed by atoms with van der Waals surface area (Å²) in [5.41, 5.74) is 1.76. The van der Waals surface area contributed by atoms with Gasteiger partial charge in [-0.2, -0.15) is 4.31 Å². The van der Waals surface area contributed by atoms with Gasteiger partial charge in [-0.05, 0) is 34.6 Å². The van der Waals surface area contributed by atoms with Gasteiger partial charge in [0.05, 0.1) is 5.92 Å². The predicted octanol–water partition coefficient (Wildman–Crippen LogP) is 1.19. The lowest BCUT2D eigenvalue weighted by Gasteiger charge is -2.42. The van der Waals surface area contributed by atoms with Crippen molar-refractivity contribution in [3.63, 3.8) is 0 Å². The number of benzene rings is 2. The minimum atomic E-state index is -3.75. The summed E-state index contributed by atoms with van der Waals surface area (Å²) in [5.74, 6) is -0.284. The molecule has 0 atom stereocenters. The molecule has 0 saturated carbocycles. The number of anilines is 1. The van der Waals surface area contributed by atoms with Crippen LogP contribution in [-0.4, -0.2) is 73.1 Å². The lowest BCUT2D eigenvalue weighted by atomic mass is 10.0.